The molecule has 0 saturated heterocycles. The second kappa shape index (κ2) is 6.90. The van der Waals surface area contributed by atoms with Crippen LogP contribution in [0.25, 0.3) is 0 Å². The monoisotopic (exact) mass is 396 g/mol. The number of nitrogens with zero attached hydrogens (tertiary/aromatic N) is 1. The van der Waals surface area contributed by atoms with Crippen molar-refractivity contribution in [2.75, 3.05) is 16.2 Å². The summed E-state index contributed by atoms with van der Waals surface area (Å²) in [6.45, 7) is 4.08. The number of fused-ring (bicyclic) bond motifs is 1. The molecule has 3 rings (SSSR count). The Labute approximate surface area is 156 Å². The molecule has 1 aliphatic rings. The van der Waals surface area contributed by atoms with Crippen molar-refractivity contribution in [2.45, 2.75) is 28.9 Å². The first kappa shape index (κ1) is 18.1. The van der Waals surface area contributed by atoms with Crippen molar-refractivity contribution in [2.24, 2.45) is 0 Å². The topological polar surface area (TPSA) is 66.5 Å². The van der Waals surface area contributed by atoms with Crippen LogP contribution in [-0.2, 0) is 14.8 Å². The fraction of sp³-hybridized carbons (Fsp3) is 0.235. The number of sulfonamides is 1. The third-order valence-electron chi connectivity index (χ3n) is 3.78. The van der Waals surface area contributed by atoms with Gasteiger partial charge in [0, 0.05) is 34.3 Å². The lowest BCUT2D eigenvalue weighted by Crippen LogP contribution is -2.37. The van der Waals surface area contributed by atoms with Crippen LogP contribution in [0.1, 0.15) is 13.8 Å². The first-order valence-electron chi connectivity index (χ1n) is 7.63. The van der Waals surface area contributed by atoms with Gasteiger partial charge in [-0.3, -0.25) is 9.52 Å². The number of hydrogen-bond acceptors (Lipinski definition) is 4. The van der Waals surface area contributed by atoms with Crippen molar-refractivity contribution < 1.29 is 13.2 Å². The van der Waals surface area contributed by atoms with Gasteiger partial charge in [-0.2, -0.15) is 0 Å². The molecule has 2 aromatic rings. The Morgan fingerprint density at radius 1 is 1.24 bits per heavy atom. The zero-order valence-corrected chi connectivity index (χ0v) is 16.1. The third kappa shape index (κ3) is 3.94. The Morgan fingerprint density at radius 3 is 2.56 bits per heavy atom. The Bertz CT molecular complexity index is 914. The minimum Gasteiger partial charge on any atom is -0.310 e. The summed E-state index contributed by atoms with van der Waals surface area (Å²) in [6.07, 6.45) is 0. The zero-order chi connectivity index (χ0) is 18.2. The van der Waals surface area contributed by atoms with E-state index in [0.29, 0.717) is 22.9 Å². The average molecular weight is 397 g/mol. The van der Waals surface area contributed by atoms with Crippen LogP contribution in [0.3, 0.4) is 0 Å². The number of halogens is 1. The first-order valence-corrected chi connectivity index (χ1v) is 10.4. The largest absolute Gasteiger partial charge is 0.310 e. The molecular formula is C17H17ClN2O3S2. The average Bonchev–Trinajstić information content (AvgIpc) is 2.55. The molecule has 132 valence electrons. The zero-order valence-electron chi connectivity index (χ0n) is 13.7. The normalized spacial score (nSPS) is 17.1. The molecular weight excluding hydrogens is 380 g/mol. The van der Waals surface area contributed by atoms with Crippen molar-refractivity contribution in [3.05, 3.63) is 47.5 Å². The molecule has 1 unspecified atom stereocenters. The van der Waals surface area contributed by atoms with E-state index in [1.54, 1.807) is 59.1 Å². The van der Waals surface area contributed by atoms with Crippen LogP contribution >= 0.6 is 23.4 Å². The van der Waals surface area contributed by atoms with Gasteiger partial charge in [0.15, 0.2) is 0 Å². The van der Waals surface area contributed by atoms with E-state index in [4.69, 9.17) is 11.6 Å². The summed E-state index contributed by atoms with van der Waals surface area (Å²) in [4.78, 5) is 14.6. The highest BCUT2D eigenvalue weighted by Gasteiger charge is 2.27. The molecule has 1 amide bonds. The molecule has 0 spiro atoms. The van der Waals surface area contributed by atoms with E-state index in [2.05, 4.69) is 4.72 Å². The number of carbonyl (C=O) groups excluding carboxylic acids is 1. The predicted octanol–water partition coefficient (Wildman–Crippen LogP) is 3.99. The lowest BCUT2D eigenvalue weighted by Gasteiger charge is -2.32. The van der Waals surface area contributed by atoms with Crippen LogP contribution in [0.5, 0.6) is 0 Å². The highest BCUT2D eigenvalue weighted by Crippen LogP contribution is 2.39. The Balaban J connectivity index is 1.96. The van der Waals surface area contributed by atoms with E-state index in [0.717, 1.165) is 4.90 Å². The lowest BCUT2D eigenvalue weighted by molar-refractivity contribution is -0.116. The summed E-state index contributed by atoms with van der Waals surface area (Å²) in [7, 11) is -3.76. The highest BCUT2D eigenvalue weighted by molar-refractivity contribution is 8.00. The molecule has 1 atom stereocenters. The smallest absolute Gasteiger partial charge is 0.261 e. The maximum Gasteiger partial charge on any atom is 0.261 e. The van der Waals surface area contributed by atoms with Gasteiger partial charge in [0.25, 0.3) is 10.0 Å². The van der Waals surface area contributed by atoms with E-state index in [1.807, 2.05) is 6.92 Å². The van der Waals surface area contributed by atoms with Gasteiger partial charge in [-0.15, -0.1) is 11.8 Å². The van der Waals surface area contributed by atoms with Crippen molar-refractivity contribution in [1.82, 2.24) is 0 Å². The van der Waals surface area contributed by atoms with Crippen LogP contribution in [0.4, 0.5) is 11.4 Å². The summed E-state index contributed by atoms with van der Waals surface area (Å²) in [5.41, 5.74) is 1.06. The Morgan fingerprint density at radius 2 is 1.92 bits per heavy atom. The molecule has 1 N–H and O–H groups in total. The molecule has 8 heteroatoms. The molecule has 0 aliphatic carbocycles. The second-order valence-electron chi connectivity index (χ2n) is 5.80. The van der Waals surface area contributed by atoms with E-state index in [-0.39, 0.29) is 16.1 Å². The van der Waals surface area contributed by atoms with Crippen LogP contribution < -0.4 is 9.62 Å². The molecule has 0 aromatic heterocycles. The number of hydrogen-bond donors (Lipinski definition) is 1. The van der Waals surface area contributed by atoms with Crippen LogP contribution in [0.2, 0.25) is 5.02 Å². The highest BCUT2D eigenvalue weighted by atomic mass is 35.5. The summed E-state index contributed by atoms with van der Waals surface area (Å²) < 4.78 is 27.8. The van der Waals surface area contributed by atoms with Gasteiger partial charge in [-0.05, 0) is 42.5 Å². The van der Waals surface area contributed by atoms with Crippen molar-refractivity contribution in [1.29, 1.82) is 0 Å². The van der Waals surface area contributed by atoms with Gasteiger partial charge in [-0.1, -0.05) is 18.5 Å². The van der Waals surface area contributed by atoms with Crippen LogP contribution in [0, 0.1) is 0 Å². The number of thioether (sulfide) groups is 1. The molecule has 1 aliphatic heterocycles. The van der Waals surface area contributed by atoms with E-state index in [1.165, 1.54) is 6.92 Å². The standard InChI is InChI=1S/C17H17ClN2O3S2/c1-11-10-20(12(2)21)16-9-15(7-8-17(16)24-11)25(22,23)19-14-5-3-13(18)4-6-14/h3-9,11,19H,10H2,1-2H3. The maximum atomic E-state index is 12.7. The first-order chi connectivity index (χ1) is 11.8. The SMILES string of the molecule is CC(=O)N1CC(C)Sc2ccc(S(=O)(=O)Nc3ccc(Cl)cc3)cc21. The number of nitrogens with one attached hydrogen (secondary N) is 1. The molecule has 0 radical (unpaired) electrons. The fourth-order valence-corrected chi connectivity index (χ4v) is 4.91. The van der Waals surface area contributed by atoms with Crippen LogP contribution in [-0.4, -0.2) is 26.1 Å². The van der Waals surface area contributed by atoms with E-state index < -0.39 is 10.0 Å². The van der Waals surface area contributed by atoms with Gasteiger partial charge >= 0.3 is 0 Å². The van der Waals surface area contributed by atoms with Gasteiger partial charge in [0.1, 0.15) is 0 Å². The van der Waals surface area contributed by atoms with E-state index >= 15 is 0 Å². The maximum absolute atomic E-state index is 12.7. The third-order valence-corrected chi connectivity index (χ3v) is 6.56. The van der Waals surface area contributed by atoms with Gasteiger partial charge in [0.2, 0.25) is 5.91 Å². The van der Waals surface area contributed by atoms with E-state index in [9.17, 15) is 13.2 Å². The Hall–Kier alpha value is -1.70. The van der Waals surface area contributed by atoms with Gasteiger partial charge < -0.3 is 4.90 Å². The summed E-state index contributed by atoms with van der Waals surface area (Å²) in [5.74, 6) is -0.103. The second-order valence-corrected chi connectivity index (χ2v) is 9.40. The molecule has 2 aromatic carbocycles. The van der Waals surface area contributed by atoms with Crippen molar-refractivity contribution >= 4 is 50.7 Å². The molecule has 0 bridgehead atoms. The minimum absolute atomic E-state index is 0.103. The summed E-state index contributed by atoms with van der Waals surface area (Å²) in [5, 5.41) is 0.783. The van der Waals surface area contributed by atoms with Gasteiger partial charge in [0.05, 0.1) is 10.6 Å². The number of benzene rings is 2. The number of amides is 1. The van der Waals surface area contributed by atoms with Gasteiger partial charge in [-0.25, -0.2) is 8.42 Å². The predicted molar refractivity (Wildman–Crippen MR) is 102 cm³/mol. The molecule has 5 nitrogen and oxygen atoms in total. The Kier molecular flexibility index (Phi) is 4.99. The number of anilines is 2. The van der Waals surface area contributed by atoms with Crippen molar-refractivity contribution in [3.8, 4) is 0 Å². The fourth-order valence-electron chi connectivity index (χ4n) is 2.61. The molecule has 0 saturated carbocycles. The summed E-state index contributed by atoms with van der Waals surface area (Å²) >= 11 is 7.45. The minimum atomic E-state index is -3.76. The molecule has 1 heterocycles. The summed E-state index contributed by atoms with van der Waals surface area (Å²) in [6, 6.07) is 11.3. The lowest BCUT2D eigenvalue weighted by atomic mass is 10.2. The number of rotatable bonds is 3. The quantitative estimate of drug-likeness (QED) is 0.851. The van der Waals surface area contributed by atoms with Crippen LogP contribution in [0.15, 0.2) is 52.3 Å². The molecule has 0 fully saturated rings. The van der Waals surface area contributed by atoms with Crippen molar-refractivity contribution in [3.63, 3.8) is 0 Å². The number of carbonyl (C=O) groups is 1. The molecule has 25 heavy (non-hydrogen) atoms.